The Balaban J connectivity index is 1.94. The average Bonchev–Trinajstić information content (AvgIpc) is 3.05. The third kappa shape index (κ3) is 3.27. The van der Waals surface area contributed by atoms with Crippen molar-refractivity contribution in [1.29, 1.82) is 0 Å². The van der Waals surface area contributed by atoms with Crippen molar-refractivity contribution in [3.05, 3.63) is 47.8 Å². The summed E-state index contributed by atoms with van der Waals surface area (Å²) in [7, 11) is 0. The van der Waals surface area contributed by atoms with E-state index >= 15 is 0 Å². The molecular formula is C21H24N4O2. The summed E-state index contributed by atoms with van der Waals surface area (Å²) in [6.45, 7) is 6.10. The van der Waals surface area contributed by atoms with Crippen LogP contribution in [0.3, 0.4) is 0 Å². The molecule has 0 radical (unpaired) electrons. The van der Waals surface area contributed by atoms with Crippen molar-refractivity contribution in [1.82, 2.24) is 14.8 Å². The number of hydrogen-bond donors (Lipinski definition) is 0. The van der Waals surface area contributed by atoms with Gasteiger partial charge in [-0.2, -0.15) is 5.10 Å². The van der Waals surface area contributed by atoms with Crippen LogP contribution in [0.5, 0.6) is 0 Å². The van der Waals surface area contributed by atoms with Gasteiger partial charge in [-0.3, -0.25) is 0 Å². The van der Waals surface area contributed by atoms with Gasteiger partial charge in [-0.05, 0) is 51.3 Å². The number of anilines is 1. The summed E-state index contributed by atoms with van der Waals surface area (Å²) in [4.78, 5) is 19.4. The molecule has 0 unspecified atom stereocenters. The molecule has 0 atom stereocenters. The van der Waals surface area contributed by atoms with Crippen LogP contribution in [0.4, 0.5) is 5.69 Å². The molecule has 6 heteroatoms. The lowest BCUT2D eigenvalue weighted by molar-refractivity contribution is 0.0520. The molecule has 0 bridgehead atoms. The highest BCUT2D eigenvalue weighted by molar-refractivity contribution is 5.98. The molecule has 27 heavy (non-hydrogen) atoms. The van der Waals surface area contributed by atoms with Gasteiger partial charge in [0.15, 0.2) is 11.3 Å². The van der Waals surface area contributed by atoms with Crippen molar-refractivity contribution < 1.29 is 9.53 Å². The number of nitrogens with zero attached hydrogens (tertiary/aromatic N) is 4. The van der Waals surface area contributed by atoms with E-state index in [2.05, 4.69) is 9.88 Å². The highest BCUT2D eigenvalue weighted by Crippen LogP contribution is 2.33. The van der Waals surface area contributed by atoms with Crippen LogP contribution in [-0.2, 0) is 4.74 Å². The minimum Gasteiger partial charge on any atom is -0.461 e. The van der Waals surface area contributed by atoms with Crippen LogP contribution in [0.25, 0.3) is 16.7 Å². The maximum atomic E-state index is 12.4. The summed E-state index contributed by atoms with van der Waals surface area (Å²) < 4.78 is 7.04. The molecule has 0 spiro atoms. The Morgan fingerprint density at radius 1 is 1.15 bits per heavy atom. The highest BCUT2D eigenvalue weighted by Gasteiger charge is 2.23. The topological polar surface area (TPSA) is 60.2 Å². The molecule has 1 aromatic carbocycles. The van der Waals surface area contributed by atoms with Crippen molar-refractivity contribution in [3.8, 4) is 5.69 Å². The van der Waals surface area contributed by atoms with Gasteiger partial charge in [0.2, 0.25) is 0 Å². The van der Waals surface area contributed by atoms with E-state index in [1.165, 1.54) is 6.42 Å². The SMILES string of the molecule is CCOC(=O)c1cc(N2CCCCC2)c2c(C)nn(-c3ccccc3)c2n1. The van der Waals surface area contributed by atoms with E-state index in [4.69, 9.17) is 9.84 Å². The number of rotatable bonds is 4. The van der Waals surface area contributed by atoms with Crippen molar-refractivity contribution in [3.63, 3.8) is 0 Å². The Morgan fingerprint density at radius 3 is 2.59 bits per heavy atom. The van der Waals surface area contributed by atoms with Crippen LogP contribution in [0, 0.1) is 6.92 Å². The minimum atomic E-state index is -0.392. The first kappa shape index (κ1) is 17.5. The standard InChI is InChI=1S/C21H24N4O2/c1-3-27-21(26)17-14-18(24-12-8-5-9-13-24)19-15(2)23-25(20(19)22-17)16-10-6-4-7-11-16/h4,6-7,10-11,14H,3,5,8-9,12-13H2,1-2H3. The van der Waals surface area contributed by atoms with Gasteiger partial charge in [0.1, 0.15) is 0 Å². The first-order chi connectivity index (χ1) is 13.2. The number of carbonyl (C=O) groups excluding carboxylic acids is 1. The number of ether oxygens (including phenoxy) is 1. The van der Waals surface area contributed by atoms with Crippen LogP contribution in [0.2, 0.25) is 0 Å². The summed E-state index contributed by atoms with van der Waals surface area (Å²) >= 11 is 0. The molecule has 1 saturated heterocycles. The Morgan fingerprint density at radius 2 is 1.89 bits per heavy atom. The molecule has 0 N–H and O–H groups in total. The fraction of sp³-hybridized carbons (Fsp3) is 0.381. The molecule has 1 fully saturated rings. The first-order valence-electron chi connectivity index (χ1n) is 9.57. The number of hydrogen-bond acceptors (Lipinski definition) is 5. The molecule has 4 rings (SSSR count). The minimum absolute atomic E-state index is 0.328. The third-order valence-electron chi connectivity index (χ3n) is 4.97. The Kier molecular flexibility index (Phi) is 4.79. The second-order valence-electron chi connectivity index (χ2n) is 6.83. The molecule has 3 aromatic rings. The second kappa shape index (κ2) is 7.39. The Hall–Kier alpha value is -2.89. The van der Waals surface area contributed by atoms with Crippen molar-refractivity contribution in [2.45, 2.75) is 33.1 Å². The molecule has 0 amide bonds. The zero-order valence-corrected chi connectivity index (χ0v) is 15.8. The average molecular weight is 364 g/mol. The molecule has 3 heterocycles. The van der Waals surface area contributed by atoms with Crippen LogP contribution in [0.15, 0.2) is 36.4 Å². The lowest BCUT2D eigenvalue weighted by Gasteiger charge is -2.29. The van der Waals surface area contributed by atoms with Crippen LogP contribution >= 0.6 is 0 Å². The van der Waals surface area contributed by atoms with Gasteiger partial charge in [-0.1, -0.05) is 18.2 Å². The summed E-state index contributed by atoms with van der Waals surface area (Å²) in [6, 6.07) is 11.8. The van der Waals surface area contributed by atoms with E-state index in [9.17, 15) is 4.79 Å². The third-order valence-corrected chi connectivity index (χ3v) is 4.97. The molecule has 0 saturated carbocycles. The lowest BCUT2D eigenvalue weighted by Crippen LogP contribution is -2.30. The zero-order valence-electron chi connectivity index (χ0n) is 15.8. The van der Waals surface area contributed by atoms with Gasteiger partial charge in [-0.15, -0.1) is 0 Å². The smallest absolute Gasteiger partial charge is 0.357 e. The fourth-order valence-corrected chi connectivity index (χ4v) is 3.71. The largest absolute Gasteiger partial charge is 0.461 e. The fourth-order valence-electron chi connectivity index (χ4n) is 3.71. The van der Waals surface area contributed by atoms with Crippen molar-refractivity contribution in [2.75, 3.05) is 24.6 Å². The number of carbonyl (C=O) groups is 1. The summed E-state index contributed by atoms with van der Waals surface area (Å²) in [6.07, 6.45) is 3.56. The number of esters is 1. The molecular weight excluding hydrogens is 340 g/mol. The monoisotopic (exact) mass is 364 g/mol. The van der Waals surface area contributed by atoms with E-state index < -0.39 is 5.97 Å². The number of pyridine rings is 1. The van der Waals surface area contributed by atoms with Gasteiger partial charge in [0.05, 0.1) is 29.1 Å². The molecule has 0 aliphatic carbocycles. The van der Waals surface area contributed by atoms with Gasteiger partial charge in [0.25, 0.3) is 0 Å². The van der Waals surface area contributed by atoms with Gasteiger partial charge in [0, 0.05) is 13.1 Å². The van der Waals surface area contributed by atoms with E-state index in [1.807, 2.05) is 48.0 Å². The number of para-hydroxylation sites is 1. The van der Waals surface area contributed by atoms with Gasteiger partial charge < -0.3 is 9.64 Å². The van der Waals surface area contributed by atoms with Gasteiger partial charge in [-0.25, -0.2) is 14.5 Å². The zero-order chi connectivity index (χ0) is 18.8. The maximum Gasteiger partial charge on any atom is 0.357 e. The number of aryl methyl sites for hydroxylation is 1. The van der Waals surface area contributed by atoms with Crippen LogP contribution in [0.1, 0.15) is 42.4 Å². The molecule has 6 nitrogen and oxygen atoms in total. The molecule has 1 aliphatic heterocycles. The lowest BCUT2D eigenvalue weighted by atomic mass is 10.1. The van der Waals surface area contributed by atoms with E-state index in [-0.39, 0.29) is 0 Å². The predicted molar refractivity (Wildman–Crippen MR) is 106 cm³/mol. The molecule has 2 aromatic heterocycles. The summed E-state index contributed by atoms with van der Waals surface area (Å²) in [5.41, 5.74) is 3.90. The van der Waals surface area contributed by atoms with E-state index in [0.29, 0.717) is 17.9 Å². The first-order valence-corrected chi connectivity index (χ1v) is 9.57. The van der Waals surface area contributed by atoms with Crippen molar-refractivity contribution >= 4 is 22.7 Å². The normalized spacial score (nSPS) is 14.5. The predicted octanol–water partition coefficient (Wildman–Crippen LogP) is 3.90. The quantitative estimate of drug-likeness (QED) is 0.657. The number of piperidine rings is 1. The van der Waals surface area contributed by atoms with E-state index in [1.54, 1.807) is 6.92 Å². The van der Waals surface area contributed by atoms with Crippen molar-refractivity contribution in [2.24, 2.45) is 0 Å². The van der Waals surface area contributed by atoms with Crippen LogP contribution < -0.4 is 4.90 Å². The number of aromatic nitrogens is 3. The second-order valence-corrected chi connectivity index (χ2v) is 6.83. The Labute approximate surface area is 158 Å². The summed E-state index contributed by atoms with van der Waals surface area (Å²) in [5.74, 6) is -0.392. The van der Waals surface area contributed by atoms with Crippen LogP contribution in [-0.4, -0.2) is 40.4 Å². The van der Waals surface area contributed by atoms with Gasteiger partial charge >= 0.3 is 5.97 Å². The highest BCUT2D eigenvalue weighted by atomic mass is 16.5. The molecule has 1 aliphatic rings. The Bertz CT molecular complexity index is 959. The summed E-state index contributed by atoms with van der Waals surface area (Å²) in [5, 5.41) is 5.75. The molecule has 140 valence electrons. The number of benzene rings is 1. The number of fused-ring (bicyclic) bond motifs is 1. The maximum absolute atomic E-state index is 12.4. The van der Waals surface area contributed by atoms with E-state index in [0.717, 1.165) is 48.4 Å².